The van der Waals surface area contributed by atoms with Crippen LogP contribution >= 0.6 is 34.8 Å². The summed E-state index contributed by atoms with van der Waals surface area (Å²) in [6, 6.07) is 11.8. The van der Waals surface area contributed by atoms with Gasteiger partial charge in [-0.05, 0) is 43.5 Å². The van der Waals surface area contributed by atoms with E-state index in [1.165, 1.54) is 12.1 Å². The zero-order valence-corrected chi connectivity index (χ0v) is 20.4. The number of carbonyl (C=O) groups excluding carboxylic acids is 3. The summed E-state index contributed by atoms with van der Waals surface area (Å²) in [5.41, 5.74) is 0.837. The number of rotatable bonds is 6. The number of carbonyl (C=O) groups is 3. The lowest BCUT2D eigenvalue weighted by Gasteiger charge is -2.17. The molecule has 0 unspecified atom stereocenters. The minimum Gasteiger partial charge on any atom is -0.465 e. The number of benzene rings is 3. The summed E-state index contributed by atoms with van der Waals surface area (Å²) in [7, 11) is 0. The largest absolute Gasteiger partial charge is 0.465 e. The average molecular weight is 519 g/mol. The highest BCUT2D eigenvalue weighted by Gasteiger charge is 2.39. The minimum atomic E-state index is -1.81. The van der Waals surface area contributed by atoms with Crippen LogP contribution < -0.4 is 0 Å². The SMILES string of the molecule is CCOC(=O)C(C(=O)OCC)C(=O)c1c2cc(Cl)cc(Cl)c2nc2c1ccc1cc(Cl)ccc12. The van der Waals surface area contributed by atoms with Gasteiger partial charge in [0.1, 0.15) is 0 Å². The van der Waals surface area contributed by atoms with Gasteiger partial charge in [-0.15, -0.1) is 0 Å². The molecule has 3 aromatic carbocycles. The van der Waals surface area contributed by atoms with Gasteiger partial charge in [-0.2, -0.15) is 0 Å². The van der Waals surface area contributed by atoms with Crippen molar-refractivity contribution in [3.05, 3.63) is 63.1 Å². The number of ketones is 1. The van der Waals surface area contributed by atoms with E-state index >= 15 is 0 Å². The molecular weight excluding hydrogens is 501 g/mol. The van der Waals surface area contributed by atoms with Crippen LogP contribution in [-0.4, -0.2) is 35.9 Å². The standard InChI is InChI=1S/C25H18Cl3NO5/c1-3-33-24(31)20(25(32)34-4-2)23(30)19-16-7-5-12-9-13(26)6-8-15(12)21(16)29-22-17(19)10-14(27)11-18(22)28/h5-11,20H,3-4H2,1-2H3. The lowest BCUT2D eigenvalue weighted by Crippen LogP contribution is -2.35. The van der Waals surface area contributed by atoms with E-state index in [1.807, 2.05) is 0 Å². The van der Waals surface area contributed by atoms with Crippen LogP contribution in [-0.2, 0) is 19.1 Å². The van der Waals surface area contributed by atoms with E-state index in [-0.39, 0.29) is 28.8 Å². The van der Waals surface area contributed by atoms with Crippen LogP contribution in [0.1, 0.15) is 24.2 Å². The van der Waals surface area contributed by atoms with Crippen LogP contribution in [0.15, 0.2) is 42.5 Å². The Balaban J connectivity index is 2.11. The van der Waals surface area contributed by atoms with Crippen molar-refractivity contribution in [1.29, 1.82) is 0 Å². The number of hydrogen-bond acceptors (Lipinski definition) is 6. The van der Waals surface area contributed by atoms with Crippen LogP contribution in [0, 0.1) is 5.92 Å². The maximum Gasteiger partial charge on any atom is 0.328 e. The van der Waals surface area contributed by atoms with Crippen molar-refractivity contribution in [3.8, 4) is 0 Å². The molecule has 0 saturated heterocycles. The number of aromatic nitrogens is 1. The Morgan fingerprint density at radius 2 is 1.44 bits per heavy atom. The van der Waals surface area contributed by atoms with Crippen LogP contribution in [0.3, 0.4) is 0 Å². The van der Waals surface area contributed by atoms with Crippen molar-refractivity contribution in [2.75, 3.05) is 13.2 Å². The van der Waals surface area contributed by atoms with E-state index in [0.29, 0.717) is 32.2 Å². The lowest BCUT2D eigenvalue weighted by molar-refractivity contribution is -0.158. The highest BCUT2D eigenvalue weighted by atomic mass is 35.5. The van der Waals surface area contributed by atoms with Gasteiger partial charge in [-0.25, -0.2) is 4.98 Å². The fraction of sp³-hybridized carbons (Fsp3) is 0.200. The summed E-state index contributed by atoms with van der Waals surface area (Å²) in [4.78, 5) is 44.0. The molecule has 0 saturated carbocycles. The summed E-state index contributed by atoms with van der Waals surface area (Å²) in [6.45, 7) is 3.14. The van der Waals surface area contributed by atoms with E-state index in [0.717, 1.165) is 5.39 Å². The number of nitrogens with zero attached hydrogens (tertiary/aromatic N) is 1. The van der Waals surface area contributed by atoms with Gasteiger partial charge < -0.3 is 9.47 Å². The maximum atomic E-state index is 13.9. The van der Waals surface area contributed by atoms with Crippen molar-refractivity contribution < 1.29 is 23.9 Å². The molecule has 0 bridgehead atoms. The van der Waals surface area contributed by atoms with Crippen molar-refractivity contribution in [2.45, 2.75) is 13.8 Å². The van der Waals surface area contributed by atoms with Crippen molar-refractivity contribution in [3.63, 3.8) is 0 Å². The van der Waals surface area contributed by atoms with E-state index < -0.39 is 23.6 Å². The predicted octanol–water partition coefficient (Wildman–Crippen LogP) is 6.43. The summed E-state index contributed by atoms with van der Waals surface area (Å²) in [6.07, 6.45) is 0. The molecule has 6 nitrogen and oxygen atoms in total. The first kappa shape index (κ1) is 24.2. The van der Waals surface area contributed by atoms with Gasteiger partial charge in [0, 0.05) is 31.8 Å². The van der Waals surface area contributed by atoms with Crippen molar-refractivity contribution >= 4 is 85.1 Å². The molecular formula is C25H18Cl3NO5. The highest BCUT2D eigenvalue weighted by molar-refractivity contribution is 6.40. The highest BCUT2D eigenvalue weighted by Crippen LogP contribution is 2.37. The normalized spacial score (nSPS) is 11.4. The Labute approximate surface area is 209 Å². The molecule has 1 aromatic heterocycles. The zero-order valence-electron chi connectivity index (χ0n) is 18.2. The Morgan fingerprint density at radius 1 is 0.794 bits per heavy atom. The van der Waals surface area contributed by atoms with Crippen LogP contribution in [0.5, 0.6) is 0 Å². The Bertz CT molecular complexity index is 1470. The third-order valence-electron chi connectivity index (χ3n) is 5.30. The van der Waals surface area contributed by atoms with Gasteiger partial charge in [0.2, 0.25) is 5.92 Å². The first-order valence-electron chi connectivity index (χ1n) is 10.4. The number of hydrogen-bond donors (Lipinski definition) is 0. The smallest absolute Gasteiger partial charge is 0.328 e. The fourth-order valence-electron chi connectivity index (χ4n) is 3.90. The molecule has 0 fully saturated rings. The van der Waals surface area contributed by atoms with Gasteiger partial charge >= 0.3 is 11.9 Å². The molecule has 0 N–H and O–H groups in total. The first-order valence-corrected chi connectivity index (χ1v) is 11.6. The Hall–Kier alpha value is -2.93. The third kappa shape index (κ3) is 4.29. The minimum absolute atomic E-state index is 0.0110. The van der Waals surface area contributed by atoms with E-state index in [9.17, 15) is 14.4 Å². The van der Waals surface area contributed by atoms with E-state index in [2.05, 4.69) is 0 Å². The van der Waals surface area contributed by atoms with E-state index in [4.69, 9.17) is 49.3 Å². The molecule has 174 valence electrons. The molecule has 0 aliphatic carbocycles. The zero-order chi connectivity index (χ0) is 24.6. The molecule has 1 heterocycles. The Morgan fingerprint density at radius 3 is 2.09 bits per heavy atom. The summed E-state index contributed by atoms with van der Waals surface area (Å²) < 4.78 is 10.1. The van der Waals surface area contributed by atoms with Gasteiger partial charge in [0.25, 0.3) is 0 Å². The second kappa shape index (κ2) is 9.74. The van der Waals surface area contributed by atoms with Crippen LogP contribution in [0.25, 0.3) is 32.6 Å². The lowest BCUT2D eigenvalue weighted by atomic mass is 9.90. The fourth-order valence-corrected chi connectivity index (χ4v) is 4.62. The second-order valence-corrected chi connectivity index (χ2v) is 8.68. The molecule has 0 aliphatic heterocycles. The predicted molar refractivity (Wildman–Crippen MR) is 133 cm³/mol. The molecule has 4 aromatic rings. The number of fused-ring (bicyclic) bond motifs is 4. The maximum absolute atomic E-state index is 13.9. The number of halogens is 3. The number of esters is 2. The topological polar surface area (TPSA) is 82.6 Å². The molecule has 0 aliphatic rings. The molecule has 0 spiro atoms. The number of Topliss-reactive ketones (excluding diaryl/α,β-unsaturated/α-hetero) is 1. The molecule has 0 atom stereocenters. The van der Waals surface area contributed by atoms with E-state index in [1.54, 1.807) is 44.2 Å². The molecule has 0 amide bonds. The summed E-state index contributed by atoms with van der Waals surface area (Å²) in [5.74, 6) is -4.59. The van der Waals surface area contributed by atoms with Gasteiger partial charge in [-0.3, -0.25) is 14.4 Å². The van der Waals surface area contributed by atoms with Crippen molar-refractivity contribution in [1.82, 2.24) is 4.98 Å². The number of ether oxygens (including phenoxy) is 2. The van der Waals surface area contributed by atoms with Gasteiger partial charge in [0.05, 0.1) is 29.3 Å². The first-order chi connectivity index (χ1) is 16.3. The monoisotopic (exact) mass is 517 g/mol. The molecule has 4 rings (SSSR count). The quantitative estimate of drug-likeness (QED) is 0.0962. The Kier molecular flexibility index (Phi) is 6.94. The second-order valence-electron chi connectivity index (χ2n) is 7.40. The van der Waals surface area contributed by atoms with Gasteiger partial charge in [-0.1, -0.05) is 53.0 Å². The third-order valence-corrected chi connectivity index (χ3v) is 6.04. The summed E-state index contributed by atoms with van der Waals surface area (Å²) >= 11 is 18.9. The average Bonchev–Trinajstić information content (AvgIpc) is 2.77. The van der Waals surface area contributed by atoms with Crippen molar-refractivity contribution in [2.24, 2.45) is 5.92 Å². The molecule has 34 heavy (non-hydrogen) atoms. The van der Waals surface area contributed by atoms with Crippen LogP contribution in [0.4, 0.5) is 0 Å². The molecule has 0 radical (unpaired) electrons. The van der Waals surface area contributed by atoms with Gasteiger partial charge in [0.15, 0.2) is 5.78 Å². The number of pyridine rings is 1. The summed E-state index contributed by atoms with van der Waals surface area (Å²) in [5, 5.41) is 3.26. The van der Waals surface area contributed by atoms with Crippen LogP contribution in [0.2, 0.25) is 15.1 Å². The molecule has 9 heteroatoms.